The first-order chi connectivity index (χ1) is 9.75. The number of likely N-dealkylation sites (tertiary alicyclic amines) is 1. The van der Waals surface area contributed by atoms with Crippen LogP contribution >= 0.6 is 11.3 Å². The van der Waals surface area contributed by atoms with Crippen LogP contribution in [-0.2, 0) is 0 Å². The Morgan fingerprint density at radius 2 is 2.05 bits per heavy atom. The van der Waals surface area contributed by atoms with Crippen LogP contribution in [0.25, 0.3) is 10.8 Å². The van der Waals surface area contributed by atoms with E-state index in [9.17, 15) is 4.79 Å². The largest absolute Gasteiger partial charge is 0.462 e. The lowest BCUT2D eigenvalue weighted by Gasteiger charge is -2.19. The van der Waals surface area contributed by atoms with Gasteiger partial charge in [-0.1, -0.05) is 12.8 Å². The number of nitrogens with zero attached hydrogens (tertiary/aromatic N) is 2. The van der Waals surface area contributed by atoms with Gasteiger partial charge in [0, 0.05) is 18.0 Å². The van der Waals surface area contributed by atoms with Gasteiger partial charge in [0.25, 0.3) is 5.91 Å². The number of carbonyl (C=O) groups is 1. The fourth-order valence-corrected chi connectivity index (χ4v) is 3.40. The van der Waals surface area contributed by atoms with Crippen LogP contribution in [0.4, 0.5) is 0 Å². The third-order valence-electron chi connectivity index (χ3n) is 3.62. The smallest absolute Gasteiger partial charge is 0.273 e. The normalized spacial score (nSPS) is 16.1. The Morgan fingerprint density at radius 3 is 2.70 bits per heavy atom. The summed E-state index contributed by atoms with van der Waals surface area (Å²) < 4.78 is 5.36. The van der Waals surface area contributed by atoms with E-state index in [0.717, 1.165) is 41.6 Å². The van der Waals surface area contributed by atoms with Crippen molar-refractivity contribution in [3.8, 4) is 10.8 Å². The van der Waals surface area contributed by atoms with Gasteiger partial charge in [-0.05, 0) is 31.9 Å². The van der Waals surface area contributed by atoms with Crippen molar-refractivity contribution in [2.45, 2.75) is 32.6 Å². The maximum Gasteiger partial charge on any atom is 0.273 e. The Labute approximate surface area is 122 Å². The van der Waals surface area contributed by atoms with Crippen LogP contribution in [0.2, 0.25) is 0 Å². The summed E-state index contributed by atoms with van der Waals surface area (Å²) in [4.78, 5) is 20.0. The molecular weight excluding hydrogens is 272 g/mol. The summed E-state index contributed by atoms with van der Waals surface area (Å²) in [5, 5.41) is 0.783. The molecular formula is C15H18N2O2S. The number of carbonyl (C=O) groups excluding carboxylic acids is 1. The molecule has 0 N–H and O–H groups in total. The Bertz CT molecular complexity index is 581. The van der Waals surface area contributed by atoms with Gasteiger partial charge in [0.15, 0.2) is 10.8 Å². The minimum atomic E-state index is 0.0680. The van der Waals surface area contributed by atoms with Crippen molar-refractivity contribution in [1.82, 2.24) is 9.88 Å². The van der Waals surface area contributed by atoms with Crippen molar-refractivity contribution in [1.29, 1.82) is 0 Å². The number of hydrogen-bond acceptors (Lipinski definition) is 4. The summed E-state index contributed by atoms with van der Waals surface area (Å²) in [5.41, 5.74) is 0.586. The number of rotatable bonds is 2. The van der Waals surface area contributed by atoms with Crippen molar-refractivity contribution in [3.05, 3.63) is 29.0 Å². The summed E-state index contributed by atoms with van der Waals surface area (Å²) in [6.45, 7) is 3.66. The van der Waals surface area contributed by atoms with E-state index in [-0.39, 0.29) is 5.91 Å². The molecule has 0 aliphatic carbocycles. The lowest BCUT2D eigenvalue weighted by atomic mass is 10.2. The SMILES string of the molecule is Cc1sc(-c2ccco2)nc1C(=O)N1CCCCCC1. The fraction of sp³-hybridized carbons (Fsp3) is 0.467. The molecule has 0 radical (unpaired) electrons. The number of furan rings is 1. The second kappa shape index (κ2) is 5.79. The Hall–Kier alpha value is -1.62. The molecule has 1 aliphatic heterocycles. The van der Waals surface area contributed by atoms with Crippen LogP contribution in [0.3, 0.4) is 0 Å². The molecule has 2 aromatic rings. The molecule has 4 nitrogen and oxygen atoms in total. The zero-order chi connectivity index (χ0) is 13.9. The molecule has 0 saturated carbocycles. The van der Waals surface area contributed by atoms with Gasteiger partial charge >= 0.3 is 0 Å². The standard InChI is InChI=1S/C15H18N2O2S/c1-11-13(15(18)17-8-4-2-3-5-9-17)16-14(20-11)12-7-6-10-19-12/h6-7,10H,2-5,8-9H2,1H3. The van der Waals surface area contributed by atoms with E-state index in [1.165, 1.54) is 24.2 Å². The summed E-state index contributed by atoms with van der Waals surface area (Å²) in [7, 11) is 0. The average molecular weight is 290 g/mol. The molecule has 3 rings (SSSR count). The average Bonchev–Trinajstić information content (AvgIpc) is 3.01. The molecule has 0 spiro atoms. The number of aromatic nitrogens is 1. The van der Waals surface area contributed by atoms with E-state index < -0.39 is 0 Å². The van der Waals surface area contributed by atoms with Crippen molar-refractivity contribution in [3.63, 3.8) is 0 Å². The summed E-state index contributed by atoms with van der Waals surface area (Å²) in [5.74, 6) is 0.798. The Balaban J connectivity index is 1.84. The quantitative estimate of drug-likeness (QED) is 0.846. The number of hydrogen-bond donors (Lipinski definition) is 0. The third-order valence-corrected chi connectivity index (χ3v) is 4.61. The molecule has 1 fully saturated rings. The van der Waals surface area contributed by atoms with Gasteiger partial charge in [0.2, 0.25) is 0 Å². The predicted molar refractivity (Wildman–Crippen MR) is 78.9 cm³/mol. The van der Waals surface area contributed by atoms with E-state index in [4.69, 9.17) is 4.42 Å². The topological polar surface area (TPSA) is 46.3 Å². The van der Waals surface area contributed by atoms with Crippen LogP contribution in [-0.4, -0.2) is 28.9 Å². The minimum Gasteiger partial charge on any atom is -0.462 e. The molecule has 5 heteroatoms. The van der Waals surface area contributed by atoms with Crippen LogP contribution in [0.1, 0.15) is 41.0 Å². The van der Waals surface area contributed by atoms with Crippen molar-refractivity contribution < 1.29 is 9.21 Å². The molecule has 20 heavy (non-hydrogen) atoms. The predicted octanol–water partition coefficient (Wildman–Crippen LogP) is 3.73. The highest BCUT2D eigenvalue weighted by molar-refractivity contribution is 7.15. The summed E-state index contributed by atoms with van der Waals surface area (Å²) in [6, 6.07) is 3.71. The molecule has 1 aliphatic rings. The number of amides is 1. The highest BCUT2D eigenvalue weighted by Crippen LogP contribution is 2.28. The van der Waals surface area contributed by atoms with Crippen LogP contribution in [0.15, 0.2) is 22.8 Å². The maximum atomic E-state index is 12.6. The Kier molecular flexibility index (Phi) is 3.87. The highest BCUT2D eigenvalue weighted by Gasteiger charge is 2.23. The van der Waals surface area contributed by atoms with Gasteiger partial charge < -0.3 is 9.32 Å². The van der Waals surface area contributed by atoms with Gasteiger partial charge in [-0.3, -0.25) is 4.79 Å². The molecule has 1 amide bonds. The van der Waals surface area contributed by atoms with Crippen LogP contribution in [0.5, 0.6) is 0 Å². The van der Waals surface area contributed by atoms with Gasteiger partial charge in [0.05, 0.1) is 6.26 Å². The molecule has 2 aromatic heterocycles. The first-order valence-corrected chi connectivity index (χ1v) is 7.88. The minimum absolute atomic E-state index is 0.0680. The second-order valence-electron chi connectivity index (χ2n) is 5.11. The molecule has 0 atom stereocenters. The zero-order valence-corrected chi connectivity index (χ0v) is 12.4. The second-order valence-corrected chi connectivity index (χ2v) is 6.31. The van der Waals surface area contributed by atoms with Gasteiger partial charge in [-0.25, -0.2) is 4.98 Å². The van der Waals surface area contributed by atoms with Gasteiger partial charge in [0.1, 0.15) is 5.69 Å². The highest BCUT2D eigenvalue weighted by atomic mass is 32.1. The first-order valence-electron chi connectivity index (χ1n) is 7.06. The van der Waals surface area contributed by atoms with Crippen molar-refractivity contribution in [2.75, 3.05) is 13.1 Å². The molecule has 0 aromatic carbocycles. The lowest BCUT2D eigenvalue weighted by molar-refractivity contribution is 0.0756. The van der Waals surface area contributed by atoms with Crippen molar-refractivity contribution >= 4 is 17.2 Å². The monoisotopic (exact) mass is 290 g/mol. The molecule has 0 unspecified atom stereocenters. The van der Waals surface area contributed by atoms with E-state index in [2.05, 4.69) is 4.98 Å². The molecule has 3 heterocycles. The van der Waals surface area contributed by atoms with E-state index in [1.54, 1.807) is 6.26 Å². The fourth-order valence-electron chi connectivity index (χ4n) is 2.52. The lowest BCUT2D eigenvalue weighted by Crippen LogP contribution is -2.32. The zero-order valence-electron chi connectivity index (χ0n) is 11.6. The summed E-state index contributed by atoms with van der Waals surface area (Å²) in [6.07, 6.45) is 6.26. The van der Waals surface area contributed by atoms with E-state index in [1.807, 2.05) is 24.0 Å². The number of aryl methyl sites for hydroxylation is 1. The molecule has 0 bridgehead atoms. The summed E-state index contributed by atoms with van der Waals surface area (Å²) >= 11 is 1.52. The van der Waals surface area contributed by atoms with Gasteiger partial charge in [-0.2, -0.15) is 0 Å². The molecule has 106 valence electrons. The first kappa shape index (κ1) is 13.4. The van der Waals surface area contributed by atoms with Crippen LogP contribution in [0, 0.1) is 6.92 Å². The maximum absolute atomic E-state index is 12.6. The van der Waals surface area contributed by atoms with Crippen molar-refractivity contribution in [2.24, 2.45) is 0 Å². The number of thiazole rings is 1. The third kappa shape index (κ3) is 2.63. The van der Waals surface area contributed by atoms with E-state index >= 15 is 0 Å². The molecule has 1 saturated heterocycles. The van der Waals surface area contributed by atoms with Gasteiger partial charge in [-0.15, -0.1) is 11.3 Å². The Morgan fingerprint density at radius 1 is 1.30 bits per heavy atom. The van der Waals surface area contributed by atoms with E-state index in [0.29, 0.717) is 5.69 Å². The van der Waals surface area contributed by atoms with Crippen LogP contribution < -0.4 is 0 Å².